The van der Waals surface area contributed by atoms with Crippen LogP contribution in [0.1, 0.15) is 73.7 Å². The van der Waals surface area contributed by atoms with E-state index in [9.17, 15) is 4.79 Å². The zero-order chi connectivity index (χ0) is 17.8. The number of aryl methyl sites for hydroxylation is 2. The fraction of sp³-hybridized carbons (Fsp3) is 0.667. The fourth-order valence-corrected chi connectivity index (χ4v) is 3.94. The molecule has 0 unspecified atom stereocenters. The molecular formula is C18H24N4O3. The highest BCUT2D eigenvalue weighted by Crippen LogP contribution is 2.39. The molecule has 134 valence electrons. The second-order valence-electron chi connectivity index (χ2n) is 7.83. The Balaban J connectivity index is 1.49. The smallest absolute Gasteiger partial charge is 0.232 e. The van der Waals surface area contributed by atoms with Gasteiger partial charge in [0.2, 0.25) is 11.8 Å². The third-order valence-electron chi connectivity index (χ3n) is 5.42. The summed E-state index contributed by atoms with van der Waals surface area (Å²) in [5.41, 5.74) is 0.990. The Kier molecular flexibility index (Phi) is 3.70. The molecule has 25 heavy (non-hydrogen) atoms. The quantitative estimate of drug-likeness (QED) is 0.848. The van der Waals surface area contributed by atoms with Gasteiger partial charge in [-0.25, -0.2) is 0 Å². The number of carbonyl (C=O) groups excluding carboxylic acids is 1. The van der Waals surface area contributed by atoms with Gasteiger partial charge < -0.3 is 13.9 Å². The third-order valence-corrected chi connectivity index (χ3v) is 5.42. The van der Waals surface area contributed by atoms with E-state index >= 15 is 0 Å². The summed E-state index contributed by atoms with van der Waals surface area (Å²) in [6.07, 6.45) is 3.16. The highest BCUT2D eigenvalue weighted by Gasteiger charge is 2.42. The molecule has 0 bridgehead atoms. The predicted octanol–water partition coefficient (Wildman–Crippen LogP) is 2.85. The van der Waals surface area contributed by atoms with Crippen LogP contribution in [0.25, 0.3) is 0 Å². The summed E-state index contributed by atoms with van der Waals surface area (Å²) in [4.78, 5) is 19.6. The number of amides is 1. The van der Waals surface area contributed by atoms with Gasteiger partial charge in [0, 0.05) is 24.6 Å². The Labute approximate surface area is 146 Å². The van der Waals surface area contributed by atoms with Crippen LogP contribution in [0, 0.1) is 13.8 Å². The van der Waals surface area contributed by atoms with E-state index in [0.29, 0.717) is 30.7 Å². The van der Waals surface area contributed by atoms with E-state index in [2.05, 4.69) is 15.3 Å². The SMILES string of the molecule is Cc1noc(C)c1C(C)(C)C(=O)N1CC[C@@H](c2nc(C3CC3)no2)C1. The van der Waals surface area contributed by atoms with Crippen molar-refractivity contribution in [2.24, 2.45) is 0 Å². The number of likely N-dealkylation sites (tertiary alicyclic amines) is 1. The summed E-state index contributed by atoms with van der Waals surface area (Å²) in [5.74, 6) is 2.91. The minimum Gasteiger partial charge on any atom is -0.361 e. The lowest BCUT2D eigenvalue weighted by Crippen LogP contribution is -2.42. The minimum atomic E-state index is -0.670. The number of aromatic nitrogens is 3. The lowest BCUT2D eigenvalue weighted by atomic mass is 9.82. The van der Waals surface area contributed by atoms with Crippen LogP contribution in [-0.2, 0) is 10.2 Å². The summed E-state index contributed by atoms with van der Waals surface area (Å²) in [6.45, 7) is 8.94. The largest absolute Gasteiger partial charge is 0.361 e. The molecule has 2 fully saturated rings. The van der Waals surface area contributed by atoms with Crippen LogP contribution < -0.4 is 0 Å². The molecule has 1 aliphatic carbocycles. The topological polar surface area (TPSA) is 85.3 Å². The van der Waals surface area contributed by atoms with Gasteiger partial charge in [0.15, 0.2) is 5.82 Å². The van der Waals surface area contributed by atoms with Gasteiger partial charge in [-0.3, -0.25) is 4.79 Å². The number of hydrogen-bond donors (Lipinski definition) is 0. The lowest BCUT2D eigenvalue weighted by molar-refractivity contribution is -0.135. The molecule has 1 aliphatic heterocycles. The van der Waals surface area contributed by atoms with Crippen molar-refractivity contribution in [2.45, 2.75) is 64.2 Å². The van der Waals surface area contributed by atoms with E-state index in [4.69, 9.17) is 9.05 Å². The van der Waals surface area contributed by atoms with Gasteiger partial charge in [0.1, 0.15) is 5.76 Å². The zero-order valence-electron chi connectivity index (χ0n) is 15.2. The molecule has 7 nitrogen and oxygen atoms in total. The molecule has 1 amide bonds. The van der Waals surface area contributed by atoms with Crippen molar-refractivity contribution in [3.05, 3.63) is 28.7 Å². The highest BCUT2D eigenvalue weighted by atomic mass is 16.5. The fourth-order valence-electron chi connectivity index (χ4n) is 3.94. The minimum absolute atomic E-state index is 0.0892. The van der Waals surface area contributed by atoms with Gasteiger partial charge in [-0.1, -0.05) is 10.3 Å². The van der Waals surface area contributed by atoms with Crippen molar-refractivity contribution in [3.8, 4) is 0 Å². The molecule has 1 saturated carbocycles. The van der Waals surface area contributed by atoms with Crippen molar-refractivity contribution in [1.29, 1.82) is 0 Å². The van der Waals surface area contributed by atoms with Crippen LogP contribution in [0.4, 0.5) is 0 Å². The summed E-state index contributed by atoms with van der Waals surface area (Å²) < 4.78 is 10.7. The molecule has 1 atom stereocenters. The molecule has 1 saturated heterocycles. The normalized spacial score (nSPS) is 21.1. The molecule has 3 heterocycles. The average Bonchev–Trinajstić information content (AvgIpc) is 2.99. The van der Waals surface area contributed by atoms with E-state index in [1.54, 1.807) is 0 Å². The van der Waals surface area contributed by atoms with Gasteiger partial charge in [0.05, 0.1) is 17.0 Å². The third kappa shape index (κ3) is 2.75. The standard InChI is InChI=1S/C18H24N4O3/c1-10-14(11(2)24-20-10)18(3,4)17(23)22-8-7-13(9-22)16-19-15(21-25-16)12-5-6-12/h12-13H,5-9H2,1-4H3/t13-/m1/s1. The second-order valence-corrected chi connectivity index (χ2v) is 7.83. The van der Waals surface area contributed by atoms with Crippen LogP contribution in [0.15, 0.2) is 9.05 Å². The van der Waals surface area contributed by atoms with Crippen molar-refractivity contribution >= 4 is 5.91 Å². The maximum absolute atomic E-state index is 13.2. The molecule has 2 aliphatic rings. The van der Waals surface area contributed by atoms with Crippen LogP contribution in [0.5, 0.6) is 0 Å². The molecule has 0 spiro atoms. The first-order valence-corrected chi connectivity index (χ1v) is 8.94. The van der Waals surface area contributed by atoms with Gasteiger partial charge in [-0.15, -0.1) is 0 Å². The highest BCUT2D eigenvalue weighted by molar-refractivity contribution is 5.88. The maximum atomic E-state index is 13.2. The van der Waals surface area contributed by atoms with Gasteiger partial charge in [0.25, 0.3) is 0 Å². The first-order chi connectivity index (χ1) is 11.9. The number of rotatable bonds is 4. The molecule has 0 radical (unpaired) electrons. The molecule has 0 aromatic carbocycles. The van der Waals surface area contributed by atoms with Crippen LogP contribution >= 0.6 is 0 Å². The Hall–Kier alpha value is -2.18. The first kappa shape index (κ1) is 16.3. The Morgan fingerprint density at radius 1 is 1.12 bits per heavy atom. The van der Waals surface area contributed by atoms with Crippen molar-refractivity contribution in [2.75, 3.05) is 13.1 Å². The lowest BCUT2D eigenvalue weighted by Gasteiger charge is -2.29. The number of nitrogens with zero attached hydrogens (tertiary/aromatic N) is 4. The predicted molar refractivity (Wildman–Crippen MR) is 89.2 cm³/mol. The van der Waals surface area contributed by atoms with Crippen LogP contribution in [0.2, 0.25) is 0 Å². The maximum Gasteiger partial charge on any atom is 0.232 e. The molecule has 2 aromatic rings. The molecule has 2 aromatic heterocycles. The number of hydrogen-bond acceptors (Lipinski definition) is 6. The van der Waals surface area contributed by atoms with Gasteiger partial charge in [-0.2, -0.15) is 4.98 Å². The summed E-state index contributed by atoms with van der Waals surface area (Å²) >= 11 is 0. The Bertz CT molecular complexity index is 784. The van der Waals surface area contributed by atoms with E-state index in [1.165, 1.54) is 0 Å². The summed E-state index contributed by atoms with van der Waals surface area (Å²) in [5, 5.41) is 8.10. The zero-order valence-corrected chi connectivity index (χ0v) is 15.2. The Morgan fingerprint density at radius 2 is 1.88 bits per heavy atom. The summed E-state index contributed by atoms with van der Waals surface area (Å²) in [7, 11) is 0. The molecule has 0 N–H and O–H groups in total. The first-order valence-electron chi connectivity index (χ1n) is 8.94. The molecule has 7 heteroatoms. The van der Waals surface area contributed by atoms with E-state index < -0.39 is 5.41 Å². The van der Waals surface area contributed by atoms with E-state index in [1.807, 2.05) is 32.6 Å². The van der Waals surface area contributed by atoms with Crippen LogP contribution in [0.3, 0.4) is 0 Å². The van der Waals surface area contributed by atoms with Crippen molar-refractivity contribution in [3.63, 3.8) is 0 Å². The van der Waals surface area contributed by atoms with Crippen molar-refractivity contribution in [1.82, 2.24) is 20.2 Å². The van der Waals surface area contributed by atoms with Crippen molar-refractivity contribution < 1.29 is 13.8 Å². The van der Waals surface area contributed by atoms with E-state index in [0.717, 1.165) is 36.3 Å². The number of carbonyl (C=O) groups is 1. The second kappa shape index (κ2) is 5.68. The molecular weight excluding hydrogens is 320 g/mol. The average molecular weight is 344 g/mol. The Morgan fingerprint density at radius 3 is 2.52 bits per heavy atom. The molecule has 4 rings (SSSR count). The van der Waals surface area contributed by atoms with Crippen LogP contribution in [-0.4, -0.2) is 39.2 Å². The monoisotopic (exact) mass is 344 g/mol. The van der Waals surface area contributed by atoms with Gasteiger partial charge >= 0.3 is 0 Å². The summed E-state index contributed by atoms with van der Waals surface area (Å²) in [6, 6.07) is 0. The van der Waals surface area contributed by atoms with Gasteiger partial charge in [-0.05, 0) is 47.0 Å². The van der Waals surface area contributed by atoms with E-state index in [-0.39, 0.29) is 11.8 Å².